The predicted octanol–water partition coefficient (Wildman–Crippen LogP) is 2.75. The molecular formula is C13H17N3S. The molecule has 2 heterocycles. The van der Waals surface area contributed by atoms with Crippen LogP contribution in [0, 0.1) is 0 Å². The van der Waals surface area contributed by atoms with Crippen LogP contribution in [0.25, 0.3) is 10.4 Å². The Labute approximate surface area is 105 Å². The first kappa shape index (κ1) is 11.0. The number of hydrogen-bond donors (Lipinski definition) is 1. The van der Waals surface area contributed by atoms with Gasteiger partial charge in [0.1, 0.15) is 0 Å². The van der Waals surface area contributed by atoms with E-state index in [0.717, 1.165) is 0 Å². The maximum Gasteiger partial charge on any atom is 0.0576 e. The molecule has 4 heteroatoms. The standard InChI is InChI=1S/C13H17N3S/c1-14-11-5-3-4-9-8-17-13(12(9)11)10-6-15-16(2)7-10/h6-8,11,14H,3-5H2,1-2H3. The summed E-state index contributed by atoms with van der Waals surface area (Å²) in [4.78, 5) is 1.40. The Bertz CT molecular complexity index is 527. The zero-order chi connectivity index (χ0) is 11.8. The van der Waals surface area contributed by atoms with Crippen molar-refractivity contribution in [2.75, 3.05) is 7.05 Å². The average Bonchev–Trinajstić information content (AvgIpc) is 2.94. The van der Waals surface area contributed by atoms with Crippen LogP contribution in [0.5, 0.6) is 0 Å². The van der Waals surface area contributed by atoms with Crippen LogP contribution in [-0.2, 0) is 13.5 Å². The maximum atomic E-state index is 4.28. The van der Waals surface area contributed by atoms with Crippen LogP contribution >= 0.6 is 11.3 Å². The monoisotopic (exact) mass is 247 g/mol. The molecule has 2 aromatic heterocycles. The second-order valence-electron chi connectivity index (χ2n) is 4.64. The van der Waals surface area contributed by atoms with Gasteiger partial charge in [-0.2, -0.15) is 5.10 Å². The van der Waals surface area contributed by atoms with E-state index in [-0.39, 0.29) is 0 Å². The summed E-state index contributed by atoms with van der Waals surface area (Å²) >= 11 is 1.86. The van der Waals surface area contributed by atoms with Crippen molar-refractivity contribution in [2.24, 2.45) is 7.05 Å². The SMILES string of the molecule is CNC1CCCc2csc(-c3cnn(C)c3)c21. The third-order valence-electron chi connectivity index (χ3n) is 3.51. The Hall–Kier alpha value is -1.13. The van der Waals surface area contributed by atoms with Crippen LogP contribution in [0.15, 0.2) is 17.8 Å². The number of fused-ring (bicyclic) bond motifs is 1. The number of aryl methyl sites for hydroxylation is 2. The van der Waals surface area contributed by atoms with Crippen molar-refractivity contribution in [2.45, 2.75) is 25.3 Å². The van der Waals surface area contributed by atoms with Gasteiger partial charge in [0.2, 0.25) is 0 Å². The van der Waals surface area contributed by atoms with Gasteiger partial charge in [0.15, 0.2) is 0 Å². The van der Waals surface area contributed by atoms with Gasteiger partial charge in [-0.15, -0.1) is 11.3 Å². The van der Waals surface area contributed by atoms with Crippen LogP contribution in [0.1, 0.15) is 30.0 Å². The van der Waals surface area contributed by atoms with Crippen molar-refractivity contribution in [3.05, 3.63) is 28.9 Å². The Morgan fingerprint density at radius 2 is 2.41 bits per heavy atom. The zero-order valence-corrected chi connectivity index (χ0v) is 11.0. The first-order chi connectivity index (χ1) is 8.29. The van der Waals surface area contributed by atoms with Crippen molar-refractivity contribution in [1.29, 1.82) is 0 Å². The van der Waals surface area contributed by atoms with Crippen LogP contribution in [0.2, 0.25) is 0 Å². The van der Waals surface area contributed by atoms with Gasteiger partial charge in [-0.3, -0.25) is 4.68 Å². The van der Waals surface area contributed by atoms with Gasteiger partial charge in [0, 0.05) is 29.7 Å². The summed E-state index contributed by atoms with van der Waals surface area (Å²) in [6.45, 7) is 0. The molecule has 3 nitrogen and oxygen atoms in total. The lowest BCUT2D eigenvalue weighted by Gasteiger charge is -2.23. The fourth-order valence-corrected chi connectivity index (χ4v) is 3.82. The second kappa shape index (κ2) is 4.27. The molecule has 0 fully saturated rings. The van der Waals surface area contributed by atoms with Crippen molar-refractivity contribution in [1.82, 2.24) is 15.1 Å². The lowest BCUT2D eigenvalue weighted by Crippen LogP contribution is -2.20. The summed E-state index contributed by atoms with van der Waals surface area (Å²) in [5.41, 5.74) is 4.29. The predicted molar refractivity (Wildman–Crippen MR) is 71.3 cm³/mol. The quantitative estimate of drug-likeness (QED) is 0.884. The third kappa shape index (κ3) is 1.81. The largest absolute Gasteiger partial charge is 0.313 e. The molecule has 1 aliphatic carbocycles. The highest BCUT2D eigenvalue weighted by Crippen LogP contribution is 2.41. The van der Waals surface area contributed by atoms with Crippen molar-refractivity contribution >= 4 is 11.3 Å². The number of nitrogens with zero attached hydrogens (tertiary/aromatic N) is 2. The fraction of sp³-hybridized carbons (Fsp3) is 0.462. The summed E-state index contributed by atoms with van der Waals surface area (Å²) in [6.07, 6.45) is 7.83. The Kier molecular flexibility index (Phi) is 2.76. The summed E-state index contributed by atoms with van der Waals surface area (Å²) < 4.78 is 1.87. The van der Waals surface area contributed by atoms with Gasteiger partial charge in [-0.25, -0.2) is 0 Å². The van der Waals surface area contributed by atoms with E-state index in [1.165, 1.54) is 40.8 Å². The van der Waals surface area contributed by atoms with E-state index >= 15 is 0 Å². The number of thiophene rings is 1. The molecule has 17 heavy (non-hydrogen) atoms. The van der Waals surface area contributed by atoms with Gasteiger partial charge in [0.05, 0.1) is 6.20 Å². The normalized spacial score (nSPS) is 19.3. The van der Waals surface area contributed by atoms with Gasteiger partial charge < -0.3 is 5.32 Å². The Balaban J connectivity index is 2.09. The summed E-state index contributed by atoms with van der Waals surface area (Å²) in [5, 5.41) is 10.0. The topological polar surface area (TPSA) is 29.9 Å². The van der Waals surface area contributed by atoms with E-state index in [2.05, 4.69) is 29.0 Å². The van der Waals surface area contributed by atoms with Crippen molar-refractivity contribution in [3.8, 4) is 10.4 Å². The highest BCUT2D eigenvalue weighted by atomic mass is 32.1. The number of hydrogen-bond acceptors (Lipinski definition) is 3. The molecule has 3 rings (SSSR count). The number of aromatic nitrogens is 2. The summed E-state index contributed by atoms with van der Waals surface area (Å²) in [5.74, 6) is 0. The molecule has 0 saturated heterocycles. The smallest absolute Gasteiger partial charge is 0.0576 e. The lowest BCUT2D eigenvalue weighted by molar-refractivity contribution is 0.500. The molecule has 0 spiro atoms. The molecule has 0 saturated carbocycles. The van der Waals surface area contributed by atoms with Gasteiger partial charge in [-0.1, -0.05) is 0 Å². The van der Waals surface area contributed by atoms with E-state index in [0.29, 0.717) is 6.04 Å². The molecule has 2 aromatic rings. The summed E-state index contributed by atoms with van der Waals surface area (Å²) in [6, 6.07) is 0.514. The minimum atomic E-state index is 0.514. The van der Waals surface area contributed by atoms with Gasteiger partial charge in [0.25, 0.3) is 0 Å². The molecule has 0 bridgehead atoms. The number of rotatable bonds is 2. The van der Waals surface area contributed by atoms with Crippen LogP contribution in [-0.4, -0.2) is 16.8 Å². The lowest BCUT2D eigenvalue weighted by atomic mass is 9.88. The van der Waals surface area contributed by atoms with Crippen molar-refractivity contribution < 1.29 is 0 Å². The van der Waals surface area contributed by atoms with E-state index in [1.807, 2.05) is 29.3 Å². The molecule has 0 amide bonds. The second-order valence-corrected chi connectivity index (χ2v) is 5.52. The molecular weight excluding hydrogens is 230 g/mol. The fourth-order valence-electron chi connectivity index (χ4n) is 2.67. The van der Waals surface area contributed by atoms with Gasteiger partial charge >= 0.3 is 0 Å². The zero-order valence-electron chi connectivity index (χ0n) is 10.2. The minimum absolute atomic E-state index is 0.514. The molecule has 90 valence electrons. The van der Waals surface area contributed by atoms with Crippen LogP contribution < -0.4 is 5.32 Å². The molecule has 0 radical (unpaired) electrons. The van der Waals surface area contributed by atoms with Crippen molar-refractivity contribution in [3.63, 3.8) is 0 Å². The molecule has 1 unspecified atom stereocenters. The first-order valence-electron chi connectivity index (χ1n) is 6.06. The minimum Gasteiger partial charge on any atom is -0.313 e. The Morgan fingerprint density at radius 1 is 1.53 bits per heavy atom. The third-order valence-corrected chi connectivity index (χ3v) is 4.61. The van der Waals surface area contributed by atoms with E-state index in [4.69, 9.17) is 0 Å². The highest BCUT2D eigenvalue weighted by Gasteiger charge is 2.24. The highest BCUT2D eigenvalue weighted by molar-refractivity contribution is 7.14. The van der Waals surface area contributed by atoms with Crippen LogP contribution in [0.4, 0.5) is 0 Å². The van der Waals surface area contributed by atoms with E-state index < -0.39 is 0 Å². The molecule has 1 aliphatic rings. The first-order valence-corrected chi connectivity index (χ1v) is 6.94. The molecule has 1 atom stereocenters. The molecule has 0 aromatic carbocycles. The van der Waals surface area contributed by atoms with Crippen LogP contribution in [0.3, 0.4) is 0 Å². The van der Waals surface area contributed by atoms with Gasteiger partial charge in [-0.05, 0) is 42.8 Å². The van der Waals surface area contributed by atoms with E-state index in [1.54, 1.807) is 0 Å². The number of nitrogens with one attached hydrogen (secondary N) is 1. The van der Waals surface area contributed by atoms with E-state index in [9.17, 15) is 0 Å². The summed E-state index contributed by atoms with van der Waals surface area (Å²) in [7, 11) is 4.03. The molecule has 1 N–H and O–H groups in total. The molecule has 0 aliphatic heterocycles. The maximum absolute atomic E-state index is 4.28. The Morgan fingerprint density at radius 3 is 3.12 bits per heavy atom. The average molecular weight is 247 g/mol.